The summed E-state index contributed by atoms with van der Waals surface area (Å²) in [5.41, 5.74) is 4.09. The maximum absolute atomic E-state index is 12.2. The first-order valence-corrected chi connectivity index (χ1v) is 9.23. The van der Waals surface area contributed by atoms with Crippen molar-refractivity contribution in [1.29, 1.82) is 0 Å². The molecule has 0 aliphatic carbocycles. The Balaban J connectivity index is 1.82. The van der Waals surface area contributed by atoms with Gasteiger partial charge in [-0.25, -0.2) is 9.79 Å². The molecule has 0 amide bonds. The Kier molecular flexibility index (Phi) is 5.50. The SMILES string of the molecule is C=C(C)COc1cccc(/C=C2/N=C(c3ccc(C(C)(C)C)cc3)OC2=O)c1. The lowest BCUT2D eigenvalue weighted by molar-refractivity contribution is -0.129. The van der Waals surface area contributed by atoms with Crippen molar-refractivity contribution < 1.29 is 14.3 Å². The first kappa shape index (κ1) is 19.6. The number of ether oxygens (including phenoxy) is 2. The lowest BCUT2D eigenvalue weighted by atomic mass is 9.87. The molecule has 0 N–H and O–H groups in total. The molecule has 1 aliphatic rings. The van der Waals surface area contributed by atoms with Crippen LogP contribution in [0, 0.1) is 0 Å². The van der Waals surface area contributed by atoms with Gasteiger partial charge in [0.05, 0.1) is 0 Å². The van der Waals surface area contributed by atoms with Gasteiger partial charge in [-0.3, -0.25) is 0 Å². The Morgan fingerprint density at radius 3 is 2.54 bits per heavy atom. The highest BCUT2D eigenvalue weighted by molar-refractivity contribution is 6.12. The third-order valence-electron chi connectivity index (χ3n) is 4.27. The molecule has 0 fully saturated rings. The van der Waals surface area contributed by atoms with Gasteiger partial charge >= 0.3 is 5.97 Å². The zero-order chi connectivity index (χ0) is 20.3. The molecule has 2 aromatic rings. The molecule has 4 heteroatoms. The van der Waals surface area contributed by atoms with Crippen LogP contribution in [0.1, 0.15) is 44.4 Å². The van der Waals surface area contributed by atoms with Crippen LogP contribution in [0.4, 0.5) is 0 Å². The molecule has 0 atom stereocenters. The quantitative estimate of drug-likeness (QED) is 0.406. The molecular weight excluding hydrogens is 350 g/mol. The fraction of sp³-hybridized carbons (Fsp3) is 0.250. The summed E-state index contributed by atoms with van der Waals surface area (Å²) in [5.74, 6) is 0.584. The van der Waals surface area contributed by atoms with E-state index >= 15 is 0 Å². The van der Waals surface area contributed by atoms with Gasteiger partial charge in [0.1, 0.15) is 12.4 Å². The molecule has 1 aliphatic heterocycles. The second-order valence-corrected chi connectivity index (χ2v) is 7.98. The summed E-state index contributed by atoms with van der Waals surface area (Å²) in [6.45, 7) is 12.7. The van der Waals surface area contributed by atoms with Gasteiger partial charge in [-0.15, -0.1) is 0 Å². The van der Waals surface area contributed by atoms with E-state index in [2.05, 4.69) is 32.3 Å². The van der Waals surface area contributed by atoms with Crippen LogP contribution in [0.15, 0.2) is 71.4 Å². The van der Waals surface area contributed by atoms with Crippen molar-refractivity contribution in [3.05, 3.63) is 83.1 Å². The molecule has 0 spiro atoms. The van der Waals surface area contributed by atoms with E-state index in [-0.39, 0.29) is 11.1 Å². The zero-order valence-corrected chi connectivity index (χ0v) is 16.8. The smallest absolute Gasteiger partial charge is 0.363 e. The van der Waals surface area contributed by atoms with Crippen LogP contribution in [0.3, 0.4) is 0 Å². The third kappa shape index (κ3) is 4.77. The summed E-state index contributed by atoms with van der Waals surface area (Å²) in [6.07, 6.45) is 1.70. The molecule has 3 rings (SSSR count). The highest BCUT2D eigenvalue weighted by Gasteiger charge is 2.24. The molecule has 0 bridgehead atoms. The van der Waals surface area contributed by atoms with Gasteiger partial charge in [-0.05, 0) is 59.4 Å². The van der Waals surface area contributed by atoms with Crippen molar-refractivity contribution in [2.45, 2.75) is 33.1 Å². The van der Waals surface area contributed by atoms with E-state index in [0.29, 0.717) is 18.3 Å². The number of hydrogen-bond acceptors (Lipinski definition) is 4. The molecule has 1 heterocycles. The molecule has 28 heavy (non-hydrogen) atoms. The van der Waals surface area contributed by atoms with Crippen LogP contribution in [0.2, 0.25) is 0 Å². The number of hydrogen-bond donors (Lipinski definition) is 0. The monoisotopic (exact) mass is 375 g/mol. The maximum atomic E-state index is 12.2. The number of nitrogens with zero attached hydrogens (tertiary/aromatic N) is 1. The number of aliphatic imine (C=N–C) groups is 1. The van der Waals surface area contributed by atoms with E-state index in [1.54, 1.807) is 6.08 Å². The minimum atomic E-state index is -0.455. The fourth-order valence-corrected chi connectivity index (χ4v) is 2.70. The average molecular weight is 375 g/mol. The summed E-state index contributed by atoms with van der Waals surface area (Å²) in [7, 11) is 0. The number of carbonyl (C=O) groups is 1. The molecule has 0 aromatic heterocycles. The highest BCUT2D eigenvalue weighted by atomic mass is 16.6. The van der Waals surface area contributed by atoms with Gasteiger partial charge in [0.2, 0.25) is 5.90 Å². The van der Waals surface area contributed by atoms with Gasteiger partial charge in [0, 0.05) is 5.56 Å². The summed E-state index contributed by atoms with van der Waals surface area (Å²) in [6, 6.07) is 15.4. The van der Waals surface area contributed by atoms with E-state index < -0.39 is 5.97 Å². The van der Waals surface area contributed by atoms with Crippen molar-refractivity contribution in [3.8, 4) is 5.75 Å². The molecule has 144 valence electrons. The number of carbonyl (C=O) groups excluding carboxylic acids is 1. The van der Waals surface area contributed by atoms with Gasteiger partial charge in [-0.1, -0.05) is 51.6 Å². The Hall–Kier alpha value is -3.14. The normalized spacial score (nSPS) is 15.4. The lowest BCUT2D eigenvalue weighted by Gasteiger charge is -2.18. The number of esters is 1. The summed E-state index contributed by atoms with van der Waals surface area (Å²) >= 11 is 0. The van der Waals surface area contributed by atoms with Crippen LogP contribution in [-0.2, 0) is 14.9 Å². The van der Waals surface area contributed by atoms with Gasteiger partial charge in [0.15, 0.2) is 5.70 Å². The Labute approximate surface area is 166 Å². The Morgan fingerprint density at radius 1 is 1.18 bits per heavy atom. The van der Waals surface area contributed by atoms with Crippen LogP contribution in [-0.4, -0.2) is 18.5 Å². The van der Waals surface area contributed by atoms with Gasteiger partial charge < -0.3 is 9.47 Å². The van der Waals surface area contributed by atoms with Crippen LogP contribution >= 0.6 is 0 Å². The van der Waals surface area contributed by atoms with Crippen molar-refractivity contribution >= 4 is 17.9 Å². The van der Waals surface area contributed by atoms with Crippen molar-refractivity contribution in [2.75, 3.05) is 6.61 Å². The van der Waals surface area contributed by atoms with Crippen molar-refractivity contribution in [2.24, 2.45) is 4.99 Å². The molecule has 0 saturated heterocycles. The van der Waals surface area contributed by atoms with Crippen molar-refractivity contribution in [1.82, 2.24) is 0 Å². The number of rotatable bonds is 5. The van der Waals surface area contributed by atoms with E-state index in [0.717, 1.165) is 16.7 Å². The second-order valence-electron chi connectivity index (χ2n) is 7.98. The standard InChI is InChI=1S/C24H25NO3/c1-16(2)15-27-20-8-6-7-17(13-20)14-21-23(26)28-22(25-21)18-9-11-19(12-10-18)24(3,4)5/h6-14H,1,15H2,2-5H3/b21-14+. The van der Waals surface area contributed by atoms with E-state index in [9.17, 15) is 4.79 Å². The largest absolute Gasteiger partial charge is 0.489 e. The van der Waals surface area contributed by atoms with Crippen LogP contribution in [0.25, 0.3) is 6.08 Å². The predicted octanol–water partition coefficient (Wildman–Crippen LogP) is 5.28. The minimum Gasteiger partial charge on any atom is -0.489 e. The molecule has 4 nitrogen and oxygen atoms in total. The second kappa shape index (κ2) is 7.85. The summed E-state index contributed by atoms with van der Waals surface area (Å²) in [4.78, 5) is 16.6. The first-order chi connectivity index (χ1) is 13.2. The topological polar surface area (TPSA) is 47.9 Å². The lowest BCUT2D eigenvalue weighted by Crippen LogP contribution is -2.11. The molecular formula is C24H25NO3. The van der Waals surface area contributed by atoms with E-state index in [1.807, 2.05) is 55.5 Å². The number of benzene rings is 2. The average Bonchev–Trinajstić information content (AvgIpc) is 3.00. The van der Waals surface area contributed by atoms with Crippen molar-refractivity contribution in [3.63, 3.8) is 0 Å². The zero-order valence-electron chi connectivity index (χ0n) is 16.8. The van der Waals surface area contributed by atoms with E-state index in [1.165, 1.54) is 5.56 Å². The Bertz CT molecular complexity index is 960. The van der Waals surface area contributed by atoms with E-state index in [4.69, 9.17) is 9.47 Å². The third-order valence-corrected chi connectivity index (χ3v) is 4.27. The number of cyclic esters (lactones) is 1. The Morgan fingerprint density at radius 2 is 1.89 bits per heavy atom. The molecule has 2 aromatic carbocycles. The van der Waals surface area contributed by atoms with Crippen LogP contribution in [0.5, 0.6) is 5.75 Å². The molecule has 0 saturated carbocycles. The van der Waals surface area contributed by atoms with Gasteiger partial charge in [0.25, 0.3) is 0 Å². The highest BCUT2D eigenvalue weighted by Crippen LogP contribution is 2.25. The minimum absolute atomic E-state index is 0.0645. The van der Waals surface area contributed by atoms with Gasteiger partial charge in [-0.2, -0.15) is 0 Å². The van der Waals surface area contributed by atoms with Crippen LogP contribution < -0.4 is 4.74 Å². The summed E-state index contributed by atoms with van der Waals surface area (Å²) in [5, 5.41) is 0. The first-order valence-electron chi connectivity index (χ1n) is 9.23. The fourth-order valence-electron chi connectivity index (χ4n) is 2.70. The maximum Gasteiger partial charge on any atom is 0.363 e. The molecule has 0 radical (unpaired) electrons. The molecule has 0 unspecified atom stereocenters. The summed E-state index contributed by atoms with van der Waals surface area (Å²) < 4.78 is 11.0. The predicted molar refractivity (Wildman–Crippen MR) is 112 cm³/mol.